The van der Waals surface area contributed by atoms with Crippen LogP contribution in [0.4, 0.5) is 5.69 Å². The van der Waals surface area contributed by atoms with Crippen molar-refractivity contribution in [3.63, 3.8) is 0 Å². The van der Waals surface area contributed by atoms with Gasteiger partial charge in [0.25, 0.3) is 0 Å². The molecule has 4 rings (SSSR count). The SMILES string of the molecule is N#CC1=C(N)OC(c2ccccc2)=C(N=[N+]=[N-])C12C(=O)Nc1ccccc12. The molecule has 0 saturated heterocycles. The molecule has 0 saturated carbocycles. The minimum absolute atomic E-state index is 0.0237. The summed E-state index contributed by atoms with van der Waals surface area (Å²) in [6.45, 7) is 0. The quantitative estimate of drug-likeness (QED) is 0.484. The number of fused-ring (bicyclic) bond motifs is 2. The normalized spacial score (nSPS) is 20.5. The molecule has 3 N–H and O–H groups in total. The number of azide groups is 1. The van der Waals surface area contributed by atoms with Gasteiger partial charge in [0.1, 0.15) is 22.8 Å². The Hall–Kier alpha value is -4.21. The van der Waals surface area contributed by atoms with Crippen molar-refractivity contribution >= 4 is 17.4 Å². The first-order valence-corrected chi connectivity index (χ1v) is 7.99. The summed E-state index contributed by atoms with van der Waals surface area (Å²) in [5.41, 5.74) is 15.0. The number of nitrogens with two attached hydrogens (primary N) is 1. The molecule has 1 spiro atoms. The Balaban J connectivity index is 2.15. The van der Waals surface area contributed by atoms with Gasteiger partial charge in [0.2, 0.25) is 11.8 Å². The van der Waals surface area contributed by atoms with Crippen LogP contribution in [-0.2, 0) is 14.9 Å². The van der Waals surface area contributed by atoms with E-state index in [1.54, 1.807) is 48.5 Å². The van der Waals surface area contributed by atoms with Gasteiger partial charge in [-0.3, -0.25) is 4.79 Å². The van der Waals surface area contributed by atoms with Crippen LogP contribution in [0.25, 0.3) is 16.2 Å². The zero-order valence-corrected chi connectivity index (χ0v) is 13.9. The van der Waals surface area contributed by atoms with Gasteiger partial charge in [0.15, 0.2) is 0 Å². The molecule has 0 aliphatic carbocycles. The molecule has 1 amide bonds. The fourth-order valence-corrected chi connectivity index (χ4v) is 3.51. The van der Waals surface area contributed by atoms with Crippen molar-refractivity contribution in [1.82, 2.24) is 0 Å². The molecule has 8 heteroatoms. The number of carbonyl (C=O) groups is 1. The maximum absolute atomic E-state index is 13.2. The number of ether oxygens (including phenoxy) is 1. The highest BCUT2D eigenvalue weighted by Crippen LogP contribution is 2.53. The Bertz CT molecular complexity index is 1120. The molecule has 27 heavy (non-hydrogen) atoms. The van der Waals surface area contributed by atoms with E-state index in [2.05, 4.69) is 15.3 Å². The number of benzene rings is 2. The number of nitriles is 1. The van der Waals surface area contributed by atoms with Gasteiger partial charge in [0, 0.05) is 21.7 Å². The maximum Gasteiger partial charge on any atom is 0.245 e. The van der Waals surface area contributed by atoms with Crippen LogP contribution >= 0.6 is 0 Å². The average molecular weight is 356 g/mol. The summed E-state index contributed by atoms with van der Waals surface area (Å²) in [5.74, 6) is -0.598. The molecule has 130 valence electrons. The van der Waals surface area contributed by atoms with Crippen LogP contribution in [0.2, 0.25) is 0 Å². The first kappa shape index (κ1) is 16.3. The van der Waals surface area contributed by atoms with E-state index in [-0.39, 0.29) is 22.9 Å². The highest BCUT2D eigenvalue weighted by molar-refractivity contribution is 6.13. The van der Waals surface area contributed by atoms with Crippen molar-refractivity contribution in [3.8, 4) is 6.07 Å². The van der Waals surface area contributed by atoms with Gasteiger partial charge in [-0.15, -0.1) is 0 Å². The predicted molar refractivity (Wildman–Crippen MR) is 97.2 cm³/mol. The number of nitrogens with one attached hydrogen (secondary N) is 1. The van der Waals surface area contributed by atoms with E-state index in [0.717, 1.165) is 0 Å². The van der Waals surface area contributed by atoms with Gasteiger partial charge in [-0.2, -0.15) is 5.26 Å². The second-order valence-electron chi connectivity index (χ2n) is 5.94. The van der Waals surface area contributed by atoms with Crippen LogP contribution in [0.3, 0.4) is 0 Å². The Morgan fingerprint density at radius 3 is 2.59 bits per heavy atom. The molecule has 8 nitrogen and oxygen atoms in total. The second-order valence-corrected chi connectivity index (χ2v) is 5.94. The third kappa shape index (κ3) is 2.10. The lowest BCUT2D eigenvalue weighted by Crippen LogP contribution is -2.42. The molecule has 0 fully saturated rings. The summed E-state index contributed by atoms with van der Waals surface area (Å²) in [6.07, 6.45) is 0. The van der Waals surface area contributed by atoms with E-state index in [1.165, 1.54) is 0 Å². The summed E-state index contributed by atoms with van der Waals surface area (Å²) in [5, 5.41) is 16.3. The van der Waals surface area contributed by atoms with E-state index in [4.69, 9.17) is 10.5 Å². The van der Waals surface area contributed by atoms with E-state index in [9.17, 15) is 15.6 Å². The minimum atomic E-state index is -1.68. The van der Waals surface area contributed by atoms with Gasteiger partial charge in [-0.1, -0.05) is 53.6 Å². The smallest absolute Gasteiger partial charge is 0.245 e. The van der Waals surface area contributed by atoms with E-state index < -0.39 is 11.3 Å². The summed E-state index contributed by atoms with van der Waals surface area (Å²) in [4.78, 5) is 16.0. The van der Waals surface area contributed by atoms with E-state index in [1.807, 2.05) is 12.1 Å². The number of rotatable bonds is 2. The molecular formula is C19H12N6O2. The Morgan fingerprint density at radius 2 is 1.89 bits per heavy atom. The Labute approximate surface area is 153 Å². The van der Waals surface area contributed by atoms with Crippen molar-refractivity contribution in [2.45, 2.75) is 5.41 Å². The summed E-state index contributed by atoms with van der Waals surface area (Å²) in [6, 6.07) is 17.7. The zero-order valence-electron chi connectivity index (χ0n) is 13.9. The van der Waals surface area contributed by atoms with Crippen molar-refractivity contribution in [3.05, 3.63) is 93.3 Å². The number of para-hydroxylation sites is 1. The molecule has 2 aromatic carbocycles. The lowest BCUT2D eigenvalue weighted by molar-refractivity contribution is -0.118. The lowest BCUT2D eigenvalue weighted by Gasteiger charge is -2.33. The molecule has 2 aliphatic heterocycles. The number of hydrogen-bond donors (Lipinski definition) is 2. The first-order chi connectivity index (χ1) is 13.1. The topological polar surface area (TPSA) is 137 Å². The highest BCUT2D eigenvalue weighted by Gasteiger charge is 2.57. The van der Waals surface area contributed by atoms with Gasteiger partial charge in [-0.05, 0) is 11.6 Å². The molecule has 0 aromatic heterocycles. The van der Waals surface area contributed by atoms with Crippen molar-refractivity contribution < 1.29 is 9.53 Å². The zero-order chi connectivity index (χ0) is 19.0. The van der Waals surface area contributed by atoms with Crippen molar-refractivity contribution in [2.75, 3.05) is 5.32 Å². The van der Waals surface area contributed by atoms with Crippen LogP contribution in [0.5, 0.6) is 0 Å². The molecule has 0 radical (unpaired) electrons. The van der Waals surface area contributed by atoms with Gasteiger partial charge < -0.3 is 15.8 Å². The fourth-order valence-electron chi connectivity index (χ4n) is 3.51. The third-order valence-electron chi connectivity index (χ3n) is 4.62. The standard InChI is InChI=1S/C19H12N6O2/c20-10-13-17(21)27-15(11-6-2-1-3-7-11)16(24-25-22)19(13)12-8-4-5-9-14(12)23-18(19)26/h1-9H,21H2,(H,23,26). The average Bonchev–Trinajstić information content (AvgIpc) is 2.98. The van der Waals surface area contributed by atoms with Crippen LogP contribution in [0.15, 0.2) is 76.9 Å². The highest BCUT2D eigenvalue weighted by atomic mass is 16.5. The van der Waals surface area contributed by atoms with E-state index >= 15 is 0 Å². The molecule has 2 heterocycles. The fraction of sp³-hybridized carbons (Fsp3) is 0.0526. The molecule has 0 bridgehead atoms. The number of hydrogen-bond acceptors (Lipinski definition) is 5. The second kappa shape index (κ2) is 5.95. The van der Waals surface area contributed by atoms with Gasteiger partial charge in [0.05, 0.1) is 5.70 Å². The molecule has 1 atom stereocenters. The number of nitrogens with zero attached hydrogens (tertiary/aromatic N) is 4. The van der Waals surface area contributed by atoms with Crippen molar-refractivity contribution in [2.24, 2.45) is 10.8 Å². The first-order valence-electron chi connectivity index (χ1n) is 7.99. The molecule has 2 aromatic rings. The van der Waals surface area contributed by atoms with Crippen LogP contribution < -0.4 is 11.1 Å². The molecule has 2 aliphatic rings. The maximum atomic E-state index is 13.2. The predicted octanol–water partition coefficient (Wildman–Crippen LogP) is 3.28. The van der Waals surface area contributed by atoms with Crippen LogP contribution in [-0.4, -0.2) is 5.91 Å². The van der Waals surface area contributed by atoms with Crippen LogP contribution in [0.1, 0.15) is 11.1 Å². The minimum Gasteiger partial charge on any atom is -0.440 e. The Morgan fingerprint density at radius 1 is 1.19 bits per heavy atom. The number of amides is 1. The number of anilines is 1. The number of carbonyl (C=O) groups excluding carboxylic acids is 1. The van der Waals surface area contributed by atoms with Gasteiger partial charge in [-0.25, -0.2) is 0 Å². The van der Waals surface area contributed by atoms with E-state index in [0.29, 0.717) is 16.8 Å². The summed E-state index contributed by atoms with van der Waals surface area (Å²) in [7, 11) is 0. The van der Waals surface area contributed by atoms with Crippen LogP contribution in [0, 0.1) is 11.3 Å². The molecule has 1 unspecified atom stereocenters. The summed E-state index contributed by atoms with van der Waals surface area (Å²) >= 11 is 0. The van der Waals surface area contributed by atoms with Crippen molar-refractivity contribution in [1.29, 1.82) is 5.26 Å². The lowest BCUT2D eigenvalue weighted by atomic mass is 9.71. The third-order valence-corrected chi connectivity index (χ3v) is 4.62. The largest absolute Gasteiger partial charge is 0.440 e. The molecular weight excluding hydrogens is 344 g/mol. The summed E-state index contributed by atoms with van der Waals surface area (Å²) < 4.78 is 5.66. The Kier molecular flexibility index (Phi) is 3.58. The van der Waals surface area contributed by atoms with Gasteiger partial charge >= 0.3 is 0 Å². The monoisotopic (exact) mass is 356 g/mol.